The normalized spacial score (nSPS) is 13.0. The molecule has 0 heterocycles. The maximum atomic E-state index is 12.3. The van der Waals surface area contributed by atoms with E-state index in [1.54, 1.807) is 7.05 Å². The molecular formula is C21H37IN4O. The van der Waals surface area contributed by atoms with E-state index in [2.05, 4.69) is 41.7 Å². The maximum Gasteiger partial charge on any atom is 0.251 e. The number of carbonyl (C=O) groups excluding carboxylic acids is 1. The lowest BCUT2D eigenvalue weighted by Crippen LogP contribution is -2.42. The molecule has 154 valence electrons. The summed E-state index contributed by atoms with van der Waals surface area (Å²) in [6.07, 6.45) is 2.30. The van der Waals surface area contributed by atoms with Crippen molar-refractivity contribution >= 4 is 35.8 Å². The van der Waals surface area contributed by atoms with Gasteiger partial charge in [-0.1, -0.05) is 26.0 Å². The molecule has 6 heteroatoms. The number of carbonyl (C=O) groups is 1. The van der Waals surface area contributed by atoms with Crippen molar-refractivity contribution in [3.63, 3.8) is 0 Å². The Balaban J connectivity index is 0.00000676. The average Bonchev–Trinajstić information content (AvgIpc) is 2.55. The van der Waals surface area contributed by atoms with Crippen LogP contribution in [0, 0.1) is 5.92 Å². The van der Waals surface area contributed by atoms with Crippen LogP contribution in [0.25, 0.3) is 0 Å². The fraction of sp³-hybridized carbons (Fsp3) is 0.619. The van der Waals surface area contributed by atoms with Gasteiger partial charge in [-0.05, 0) is 64.2 Å². The number of hydrogen-bond donors (Lipinski definition) is 3. The van der Waals surface area contributed by atoms with Crippen molar-refractivity contribution in [3.8, 4) is 0 Å². The van der Waals surface area contributed by atoms with E-state index in [0.29, 0.717) is 24.1 Å². The molecule has 1 amide bonds. The predicted molar refractivity (Wildman–Crippen MR) is 126 cm³/mol. The summed E-state index contributed by atoms with van der Waals surface area (Å²) in [6, 6.07) is 8.05. The molecule has 1 rings (SSSR count). The highest BCUT2D eigenvalue weighted by molar-refractivity contribution is 14.0. The van der Waals surface area contributed by atoms with Crippen LogP contribution >= 0.6 is 24.0 Å². The lowest BCUT2D eigenvalue weighted by molar-refractivity contribution is 0.0919. The van der Waals surface area contributed by atoms with Crippen molar-refractivity contribution in [1.82, 2.24) is 16.0 Å². The molecule has 0 aromatic heterocycles. The van der Waals surface area contributed by atoms with E-state index in [1.165, 1.54) is 6.42 Å². The Hall–Kier alpha value is -1.31. The van der Waals surface area contributed by atoms with Crippen LogP contribution in [0.15, 0.2) is 29.3 Å². The molecule has 0 bridgehead atoms. The number of hydrogen-bond acceptors (Lipinski definition) is 2. The quantitative estimate of drug-likeness (QED) is 0.304. The number of guanidine groups is 1. The van der Waals surface area contributed by atoms with Gasteiger partial charge in [-0.3, -0.25) is 9.79 Å². The topological polar surface area (TPSA) is 65.5 Å². The number of nitrogens with zero attached hydrogens (tertiary/aromatic N) is 1. The highest BCUT2D eigenvalue weighted by atomic mass is 127. The van der Waals surface area contributed by atoms with Gasteiger partial charge in [0.05, 0.1) is 0 Å². The summed E-state index contributed by atoms with van der Waals surface area (Å²) in [5, 5.41) is 9.74. The second kappa shape index (κ2) is 12.2. The Morgan fingerprint density at radius 3 is 2.37 bits per heavy atom. The van der Waals surface area contributed by atoms with E-state index >= 15 is 0 Å². The standard InChI is InChI=1S/C21H36N4O.HI/c1-15(2)11-12-16(3)24-20(22-7)23-14-17-9-8-10-18(13-17)19(26)25-21(4,5)6;/h8-10,13,15-16H,11-12,14H2,1-7H3,(H,25,26)(H2,22,23,24);1H. The molecule has 0 saturated heterocycles. The molecule has 1 unspecified atom stereocenters. The first kappa shape index (κ1) is 25.7. The Morgan fingerprint density at radius 1 is 1.15 bits per heavy atom. The van der Waals surface area contributed by atoms with Gasteiger partial charge in [0.1, 0.15) is 0 Å². The molecule has 27 heavy (non-hydrogen) atoms. The van der Waals surface area contributed by atoms with Crippen molar-refractivity contribution < 1.29 is 4.79 Å². The van der Waals surface area contributed by atoms with E-state index in [-0.39, 0.29) is 35.4 Å². The molecule has 0 spiro atoms. The first-order valence-electron chi connectivity index (χ1n) is 9.49. The molecule has 0 fully saturated rings. The van der Waals surface area contributed by atoms with Gasteiger partial charge in [0.2, 0.25) is 0 Å². The summed E-state index contributed by atoms with van der Waals surface area (Å²) in [7, 11) is 1.78. The highest BCUT2D eigenvalue weighted by Gasteiger charge is 2.15. The molecule has 1 aromatic carbocycles. The van der Waals surface area contributed by atoms with Gasteiger partial charge in [-0.15, -0.1) is 24.0 Å². The minimum absolute atomic E-state index is 0. The van der Waals surface area contributed by atoms with E-state index in [0.717, 1.165) is 17.9 Å². The summed E-state index contributed by atoms with van der Waals surface area (Å²) in [4.78, 5) is 16.6. The second-order valence-electron chi connectivity index (χ2n) is 8.35. The third-order valence-corrected chi connectivity index (χ3v) is 3.92. The molecule has 0 radical (unpaired) electrons. The van der Waals surface area contributed by atoms with Gasteiger partial charge in [-0.25, -0.2) is 0 Å². The van der Waals surface area contributed by atoms with E-state index in [4.69, 9.17) is 0 Å². The summed E-state index contributed by atoms with van der Waals surface area (Å²) >= 11 is 0. The Morgan fingerprint density at radius 2 is 1.81 bits per heavy atom. The lowest BCUT2D eigenvalue weighted by atomic mass is 10.0. The van der Waals surface area contributed by atoms with Gasteiger partial charge in [0.25, 0.3) is 5.91 Å². The average molecular weight is 488 g/mol. The minimum atomic E-state index is -0.247. The highest BCUT2D eigenvalue weighted by Crippen LogP contribution is 2.09. The van der Waals surface area contributed by atoms with Gasteiger partial charge in [0.15, 0.2) is 5.96 Å². The third-order valence-electron chi connectivity index (χ3n) is 3.92. The van der Waals surface area contributed by atoms with Gasteiger partial charge >= 0.3 is 0 Å². The van der Waals surface area contributed by atoms with E-state index in [1.807, 2.05) is 45.0 Å². The zero-order valence-corrected chi connectivity index (χ0v) is 20.2. The zero-order valence-electron chi connectivity index (χ0n) is 17.8. The monoisotopic (exact) mass is 488 g/mol. The summed E-state index contributed by atoms with van der Waals surface area (Å²) < 4.78 is 0. The SMILES string of the molecule is CN=C(NCc1cccc(C(=O)NC(C)(C)C)c1)NC(C)CCC(C)C.I. The fourth-order valence-electron chi connectivity index (χ4n) is 2.50. The molecule has 0 aliphatic carbocycles. The molecule has 3 N–H and O–H groups in total. The number of rotatable bonds is 7. The van der Waals surface area contributed by atoms with Crippen LogP contribution in [0.1, 0.15) is 70.3 Å². The summed E-state index contributed by atoms with van der Waals surface area (Å²) in [5.41, 5.74) is 1.47. The van der Waals surface area contributed by atoms with E-state index in [9.17, 15) is 4.79 Å². The van der Waals surface area contributed by atoms with Crippen molar-refractivity contribution in [1.29, 1.82) is 0 Å². The first-order valence-corrected chi connectivity index (χ1v) is 9.49. The molecule has 1 atom stereocenters. The van der Waals surface area contributed by atoms with Crippen molar-refractivity contribution in [3.05, 3.63) is 35.4 Å². The van der Waals surface area contributed by atoms with Crippen LogP contribution in [0.2, 0.25) is 0 Å². The first-order chi connectivity index (χ1) is 12.1. The number of aliphatic imine (C=N–C) groups is 1. The Kier molecular flexibility index (Phi) is 11.6. The second-order valence-corrected chi connectivity index (χ2v) is 8.35. The van der Waals surface area contributed by atoms with Crippen molar-refractivity contribution in [2.75, 3.05) is 7.05 Å². The zero-order chi connectivity index (χ0) is 19.7. The largest absolute Gasteiger partial charge is 0.354 e. The van der Waals surface area contributed by atoms with E-state index < -0.39 is 0 Å². The molecule has 0 aliphatic heterocycles. The van der Waals surface area contributed by atoms with Crippen molar-refractivity contribution in [2.45, 2.75) is 72.5 Å². The van der Waals surface area contributed by atoms with Crippen LogP contribution in [0.4, 0.5) is 0 Å². The van der Waals surface area contributed by atoms with Crippen LogP contribution < -0.4 is 16.0 Å². The van der Waals surface area contributed by atoms with Gasteiger partial charge in [0, 0.05) is 30.7 Å². The molecule has 5 nitrogen and oxygen atoms in total. The van der Waals surface area contributed by atoms with Crippen LogP contribution in [-0.2, 0) is 6.54 Å². The number of halogens is 1. The number of amides is 1. The summed E-state index contributed by atoms with van der Waals surface area (Å²) in [6.45, 7) is 13.2. The lowest BCUT2D eigenvalue weighted by Gasteiger charge is -2.21. The van der Waals surface area contributed by atoms with Gasteiger partial charge in [-0.2, -0.15) is 0 Å². The molecule has 1 aromatic rings. The predicted octanol–water partition coefficient (Wildman–Crippen LogP) is 4.32. The Bertz CT molecular complexity index is 608. The molecule has 0 aliphatic rings. The fourth-order valence-corrected chi connectivity index (χ4v) is 2.50. The Labute approximate surface area is 182 Å². The van der Waals surface area contributed by atoms with Crippen LogP contribution in [-0.4, -0.2) is 30.5 Å². The van der Waals surface area contributed by atoms with Crippen molar-refractivity contribution in [2.24, 2.45) is 10.9 Å². The maximum absolute atomic E-state index is 12.3. The minimum Gasteiger partial charge on any atom is -0.354 e. The summed E-state index contributed by atoms with van der Waals surface area (Å²) in [5.74, 6) is 1.44. The van der Waals surface area contributed by atoms with Crippen LogP contribution in [0.5, 0.6) is 0 Å². The van der Waals surface area contributed by atoms with Crippen LogP contribution in [0.3, 0.4) is 0 Å². The van der Waals surface area contributed by atoms with Gasteiger partial charge < -0.3 is 16.0 Å². The smallest absolute Gasteiger partial charge is 0.251 e. The molecular weight excluding hydrogens is 451 g/mol. The number of benzene rings is 1. The molecule has 0 saturated carbocycles. The number of nitrogens with one attached hydrogen (secondary N) is 3. The third kappa shape index (κ3) is 11.2.